The van der Waals surface area contributed by atoms with E-state index in [1.165, 1.54) is 0 Å². The van der Waals surface area contributed by atoms with Crippen molar-refractivity contribution < 1.29 is 14.3 Å². The van der Waals surface area contributed by atoms with E-state index in [2.05, 4.69) is 20.4 Å². The van der Waals surface area contributed by atoms with Crippen molar-refractivity contribution in [3.8, 4) is 0 Å². The van der Waals surface area contributed by atoms with Gasteiger partial charge in [0.2, 0.25) is 0 Å². The minimum atomic E-state index is -0.289. The van der Waals surface area contributed by atoms with Crippen molar-refractivity contribution >= 4 is 11.7 Å². The van der Waals surface area contributed by atoms with Gasteiger partial charge in [0.1, 0.15) is 0 Å². The maximum absolute atomic E-state index is 11.5. The van der Waals surface area contributed by atoms with Crippen LogP contribution in [0.1, 0.15) is 24.3 Å². The Bertz CT molecular complexity index is 489. The number of hydrogen-bond donors (Lipinski definition) is 1. The minimum absolute atomic E-state index is 0.0147. The first-order chi connectivity index (χ1) is 9.95. The van der Waals surface area contributed by atoms with Crippen molar-refractivity contribution in [3.63, 3.8) is 0 Å². The number of hydrogen-bond acceptors (Lipinski definition) is 6. The highest BCUT2D eigenvalue weighted by Crippen LogP contribution is 2.24. The highest BCUT2D eigenvalue weighted by molar-refractivity contribution is 5.91. The molecule has 0 radical (unpaired) electrons. The number of amides is 1. The zero-order chi connectivity index (χ0) is 15.5. The predicted molar refractivity (Wildman–Crippen MR) is 78.5 cm³/mol. The molecule has 1 N–H and O–H groups in total. The summed E-state index contributed by atoms with van der Waals surface area (Å²) >= 11 is 0. The van der Waals surface area contributed by atoms with Gasteiger partial charge in [-0.25, -0.2) is 0 Å². The molecule has 0 aromatic carbocycles. The first-order valence-corrected chi connectivity index (χ1v) is 6.92. The highest BCUT2D eigenvalue weighted by Gasteiger charge is 2.34. The van der Waals surface area contributed by atoms with Gasteiger partial charge in [-0.05, 0) is 26.0 Å². The molecule has 1 saturated heterocycles. The van der Waals surface area contributed by atoms with Crippen LogP contribution in [0.25, 0.3) is 0 Å². The molecular formula is C14H22N4O3. The summed E-state index contributed by atoms with van der Waals surface area (Å²) in [6.45, 7) is 6.00. The Balaban J connectivity index is 2.14. The molecule has 2 heterocycles. The fourth-order valence-electron chi connectivity index (χ4n) is 2.49. The van der Waals surface area contributed by atoms with Gasteiger partial charge in [-0.2, -0.15) is 0 Å². The van der Waals surface area contributed by atoms with Crippen LogP contribution in [0.4, 0.5) is 5.82 Å². The Morgan fingerprint density at radius 1 is 1.52 bits per heavy atom. The van der Waals surface area contributed by atoms with E-state index < -0.39 is 0 Å². The van der Waals surface area contributed by atoms with E-state index >= 15 is 0 Å². The lowest BCUT2D eigenvalue weighted by molar-refractivity contribution is -0.106. The average molecular weight is 294 g/mol. The van der Waals surface area contributed by atoms with Gasteiger partial charge in [0.25, 0.3) is 5.91 Å². The number of carbonyl (C=O) groups is 1. The number of rotatable bonds is 4. The SMILES string of the molecule is CNC(=O)c1ccc(N2C[C@H](COC)OC(C)(C)C2)nn1. The molecule has 0 spiro atoms. The van der Waals surface area contributed by atoms with E-state index in [0.29, 0.717) is 25.4 Å². The van der Waals surface area contributed by atoms with E-state index in [4.69, 9.17) is 9.47 Å². The lowest BCUT2D eigenvalue weighted by Crippen LogP contribution is -2.54. The molecule has 0 bridgehead atoms. The van der Waals surface area contributed by atoms with E-state index in [9.17, 15) is 4.79 Å². The Morgan fingerprint density at radius 3 is 2.86 bits per heavy atom. The van der Waals surface area contributed by atoms with Crippen molar-refractivity contribution in [2.24, 2.45) is 0 Å². The van der Waals surface area contributed by atoms with Crippen LogP contribution in [-0.4, -0.2) is 61.7 Å². The van der Waals surface area contributed by atoms with E-state index in [1.807, 2.05) is 19.9 Å². The number of anilines is 1. The summed E-state index contributed by atoms with van der Waals surface area (Å²) in [7, 11) is 3.23. The number of nitrogens with one attached hydrogen (secondary N) is 1. The molecule has 21 heavy (non-hydrogen) atoms. The second kappa shape index (κ2) is 6.36. The Hall–Kier alpha value is -1.73. The molecule has 1 fully saturated rings. The fourth-order valence-corrected chi connectivity index (χ4v) is 2.49. The van der Waals surface area contributed by atoms with Gasteiger partial charge >= 0.3 is 0 Å². The molecule has 1 aliphatic rings. The smallest absolute Gasteiger partial charge is 0.271 e. The molecule has 0 aliphatic carbocycles. The average Bonchev–Trinajstić information content (AvgIpc) is 2.45. The minimum Gasteiger partial charge on any atom is -0.382 e. The van der Waals surface area contributed by atoms with Crippen molar-refractivity contribution in [2.75, 3.05) is 38.8 Å². The summed E-state index contributed by atoms with van der Waals surface area (Å²) < 4.78 is 11.1. The van der Waals surface area contributed by atoms with E-state index in [0.717, 1.165) is 5.82 Å². The maximum Gasteiger partial charge on any atom is 0.271 e. The summed E-state index contributed by atoms with van der Waals surface area (Å²) in [5.74, 6) is 0.494. The largest absolute Gasteiger partial charge is 0.382 e. The number of nitrogens with zero attached hydrogens (tertiary/aromatic N) is 3. The third kappa shape index (κ3) is 3.89. The van der Waals surface area contributed by atoms with Crippen LogP contribution in [0.5, 0.6) is 0 Å². The predicted octanol–water partition coefficient (Wildman–Crippen LogP) is 0.466. The van der Waals surface area contributed by atoms with Crippen LogP contribution in [0.15, 0.2) is 12.1 Å². The molecule has 1 aromatic heterocycles. The van der Waals surface area contributed by atoms with Crippen LogP contribution in [0, 0.1) is 0 Å². The van der Waals surface area contributed by atoms with Gasteiger partial charge in [0, 0.05) is 27.2 Å². The van der Waals surface area contributed by atoms with Gasteiger partial charge in [-0.15, -0.1) is 10.2 Å². The summed E-state index contributed by atoms with van der Waals surface area (Å²) in [5, 5.41) is 10.6. The van der Waals surface area contributed by atoms with Crippen molar-refractivity contribution in [3.05, 3.63) is 17.8 Å². The molecule has 7 nitrogen and oxygen atoms in total. The number of morpholine rings is 1. The lowest BCUT2D eigenvalue weighted by atomic mass is 10.1. The van der Waals surface area contributed by atoms with Crippen LogP contribution >= 0.6 is 0 Å². The molecular weight excluding hydrogens is 272 g/mol. The van der Waals surface area contributed by atoms with Crippen LogP contribution in [0.3, 0.4) is 0 Å². The van der Waals surface area contributed by atoms with E-state index in [-0.39, 0.29) is 17.6 Å². The molecule has 2 rings (SSSR count). The van der Waals surface area contributed by atoms with E-state index in [1.54, 1.807) is 20.2 Å². The molecule has 1 amide bonds. The number of methoxy groups -OCH3 is 1. The topological polar surface area (TPSA) is 76.6 Å². The van der Waals surface area contributed by atoms with Gasteiger partial charge in [-0.1, -0.05) is 0 Å². The monoisotopic (exact) mass is 294 g/mol. The first kappa shape index (κ1) is 15.7. The standard InChI is InChI=1S/C14H22N4O3/c1-14(2)9-18(7-10(21-14)8-20-4)12-6-5-11(16-17-12)13(19)15-3/h5-6,10H,7-9H2,1-4H3,(H,15,19)/t10-/m1/s1. The molecule has 116 valence electrons. The Labute approximate surface area is 124 Å². The second-order valence-electron chi connectivity index (χ2n) is 5.69. The lowest BCUT2D eigenvalue weighted by Gasteiger charge is -2.43. The van der Waals surface area contributed by atoms with Crippen LogP contribution in [-0.2, 0) is 9.47 Å². The Kier molecular flexibility index (Phi) is 4.74. The molecule has 1 aromatic rings. The molecule has 1 atom stereocenters. The quantitative estimate of drug-likeness (QED) is 0.870. The summed E-state index contributed by atoms with van der Waals surface area (Å²) in [4.78, 5) is 13.6. The molecule has 1 aliphatic heterocycles. The molecule has 0 unspecified atom stereocenters. The van der Waals surface area contributed by atoms with Crippen molar-refractivity contribution in [1.82, 2.24) is 15.5 Å². The van der Waals surface area contributed by atoms with Crippen molar-refractivity contribution in [2.45, 2.75) is 25.6 Å². The zero-order valence-electron chi connectivity index (χ0n) is 12.9. The maximum atomic E-state index is 11.5. The molecule has 0 saturated carbocycles. The first-order valence-electron chi connectivity index (χ1n) is 6.92. The summed E-state index contributed by atoms with van der Waals surface area (Å²) in [6, 6.07) is 3.48. The Morgan fingerprint density at radius 2 is 2.29 bits per heavy atom. The highest BCUT2D eigenvalue weighted by atomic mass is 16.5. The fraction of sp³-hybridized carbons (Fsp3) is 0.643. The number of aromatic nitrogens is 2. The van der Waals surface area contributed by atoms with Gasteiger partial charge < -0.3 is 19.7 Å². The van der Waals surface area contributed by atoms with Crippen molar-refractivity contribution in [1.29, 1.82) is 0 Å². The number of carbonyl (C=O) groups excluding carboxylic acids is 1. The zero-order valence-corrected chi connectivity index (χ0v) is 12.9. The summed E-state index contributed by atoms with van der Waals surface area (Å²) in [6.07, 6.45) is -0.0147. The summed E-state index contributed by atoms with van der Waals surface area (Å²) in [5.41, 5.74) is 0.0185. The van der Waals surface area contributed by atoms with Crippen LogP contribution < -0.4 is 10.2 Å². The van der Waals surface area contributed by atoms with Gasteiger partial charge in [0.05, 0.1) is 18.3 Å². The van der Waals surface area contributed by atoms with Gasteiger partial charge in [0.15, 0.2) is 11.5 Å². The third-order valence-electron chi connectivity index (χ3n) is 3.27. The molecule has 7 heteroatoms. The third-order valence-corrected chi connectivity index (χ3v) is 3.27. The number of ether oxygens (including phenoxy) is 2. The second-order valence-corrected chi connectivity index (χ2v) is 5.69. The van der Waals surface area contributed by atoms with Crippen LogP contribution in [0.2, 0.25) is 0 Å². The normalized spacial score (nSPS) is 21.1. The van der Waals surface area contributed by atoms with Gasteiger partial charge in [-0.3, -0.25) is 4.79 Å².